The number of unbranched alkanes of at least 4 members (excludes halogenated alkanes) is 15. The monoisotopic (exact) mass is 809 g/mol. The zero-order valence-electron chi connectivity index (χ0n) is 36.3. The summed E-state index contributed by atoms with van der Waals surface area (Å²) in [6.45, 7) is 4.76. The maximum absolute atomic E-state index is 12.7. The van der Waals surface area contributed by atoms with Crippen molar-refractivity contribution in [3.63, 3.8) is 0 Å². The molecule has 4 unspecified atom stereocenters. The number of esters is 1. The Balaban J connectivity index is 2.27. The maximum Gasteiger partial charge on any atom is 0.472 e. The number of carbonyl (C=O) groups is 1. The molecule has 10 heteroatoms. The number of hydrogen-bond donors (Lipinski definition) is 1. The Hall–Kier alpha value is -2.00. The van der Waals surface area contributed by atoms with Crippen molar-refractivity contribution in [3.8, 4) is 0 Å². The normalized spacial score (nSPS) is 17.9. The summed E-state index contributed by atoms with van der Waals surface area (Å²) in [5.74, 6) is -0.395. The van der Waals surface area contributed by atoms with Crippen molar-refractivity contribution in [2.75, 3.05) is 47.5 Å². The third kappa shape index (κ3) is 35.2. The fraction of sp³-hybridized carbons (Fsp3) is 0.761. The van der Waals surface area contributed by atoms with E-state index in [1.807, 2.05) is 27.2 Å². The Morgan fingerprint density at radius 1 is 0.679 bits per heavy atom. The molecule has 56 heavy (non-hydrogen) atoms. The van der Waals surface area contributed by atoms with Crippen molar-refractivity contribution in [1.29, 1.82) is 0 Å². The van der Waals surface area contributed by atoms with Gasteiger partial charge < -0.3 is 23.6 Å². The molecule has 1 saturated heterocycles. The number of nitrogens with zero attached hydrogens (tertiary/aromatic N) is 1. The highest BCUT2D eigenvalue weighted by atomic mass is 31.2. The van der Waals surface area contributed by atoms with Crippen molar-refractivity contribution >= 4 is 13.8 Å². The third-order valence-corrected chi connectivity index (χ3v) is 10.6. The van der Waals surface area contributed by atoms with Gasteiger partial charge >= 0.3 is 13.8 Å². The molecule has 0 spiro atoms. The first kappa shape index (κ1) is 52.0. The largest absolute Gasteiger partial charge is 0.498 e. The van der Waals surface area contributed by atoms with E-state index < -0.39 is 19.9 Å². The van der Waals surface area contributed by atoms with Crippen molar-refractivity contribution in [3.05, 3.63) is 60.9 Å². The average molecular weight is 809 g/mol. The summed E-state index contributed by atoms with van der Waals surface area (Å²) in [4.78, 5) is 22.8. The van der Waals surface area contributed by atoms with Crippen LogP contribution in [0.1, 0.15) is 162 Å². The molecule has 0 aliphatic carbocycles. The van der Waals surface area contributed by atoms with Crippen LogP contribution in [0.3, 0.4) is 0 Å². The summed E-state index contributed by atoms with van der Waals surface area (Å²) in [6, 6.07) is 0. The number of ether oxygens (including phenoxy) is 3. The maximum atomic E-state index is 12.7. The number of quaternary nitrogens is 1. The molecule has 0 aromatic carbocycles. The topological polar surface area (TPSA) is 104 Å². The standard InChI is InChI=1S/C46H82NO8P/c1-6-8-9-10-11-12-13-14-15-16-20-23-26-29-32-35-39-51-41-43(42-53-56(49,50)52-40-38-47(3,4)5)54-46(48)37-34-31-28-25-22-19-17-18-21-24-27-30-33-36-45-44(7-2)55-45/h17,19,21,24-25,28,30,33,35,39,43-45H,6-16,18,20,22-23,26-27,29,31-32,34,36-38,40-42H2,1-5H3/p+1/b19-17-,24-21-,28-25-,33-30-,39-35-. The van der Waals surface area contributed by atoms with Crippen LogP contribution >= 0.6 is 7.82 Å². The van der Waals surface area contributed by atoms with Gasteiger partial charge in [0.1, 0.15) is 19.8 Å². The molecule has 1 heterocycles. The van der Waals surface area contributed by atoms with E-state index in [0.717, 1.165) is 51.4 Å². The van der Waals surface area contributed by atoms with Crippen molar-refractivity contribution in [2.45, 2.75) is 180 Å². The average Bonchev–Trinajstić information content (AvgIpc) is 3.92. The summed E-state index contributed by atoms with van der Waals surface area (Å²) >= 11 is 0. The second-order valence-corrected chi connectivity index (χ2v) is 17.6. The number of likely N-dealkylation sites (N-methyl/N-ethyl adjacent to an activating group) is 1. The van der Waals surface area contributed by atoms with Gasteiger partial charge in [-0.05, 0) is 63.9 Å². The van der Waals surface area contributed by atoms with Gasteiger partial charge in [-0.1, -0.05) is 146 Å². The molecule has 324 valence electrons. The second kappa shape index (κ2) is 35.0. The number of rotatable bonds is 39. The number of allylic oxidation sites excluding steroid dienone is 8. The molecule has 0 aromatic rings. The molecule has 1 N–H and O–H groups in total. The third-order valence-electron chi connectivity index (χ3n) is 9.63. The van der Waals surface area contributed by atoms with E-state index in [0.29, 0.717) is 29.7 Å². The lowest BCUT2D eigenvalue weighted by molar-refractivity contribution is -0.870. The number of carbonyl (C=O) groups excluding carboxylic acids is 1. The molecular weight excluding hydrogens is 725 g/mol. The van der Waals surface area contributed by atoms with Gasteiger partial charge in [-0.2, -0.15) is 0 Å². The molecule has 0 aromatic heterocycles. The number of phosphoric acid groups is 1. The van der Waals surface area contributed by atoms with Gasteiger partial charge in [0, 0.05) is 6.42 Å². The molecule has 0 amide bonds. The molecule has 1 rings (SSSR count). The lowest BCUT2D eigenvalue weighted by Gasteiger charge is -2.24. The van der Waals surface area contributed by atoms with E-state index in [-0.39, 0.29) is 26.2 Å². The minimum Gasteiger partial charge on any atom is -0.498 e. The van der Waals surface area contributed by atoms with Crippen LogP contribution in [-0.2, 0) is 32.6 Å². The molecule has 0 bridgehead atoms. The van der Waals surface area contributed by atoms with Gasteiger partial charge in [-0.3, -0.25) is 13.8 Å². The van der Waals surface area contributed by atoms with Gasteiger partial charge in [0.2, 0.25) is 0 Å². The fourth-order valence-electron chi connectivity index (χ4n) is 6.03. The first-order chi connectivity index (χ1) is 27.1. The first-order valence-corrected chi connectivity index (χ1v) is 23.7. The zero-order valence-corrected chi connectivity index (χ0v) is 37.2. The fourth-order valence-corrected chi connectivity index (χ4v) is 6.77. The van der Waals surface area contributed by atoms with Crippen LogP contribution in [0.5, 0.6) is 0 Å². The van der Waals surface area contributed by atoms with Crippen molar-refractivity contribution in [2.24, 2.45) is 0 Å². The van der Waals surface area contributed by atoms with Gasteiger partial charge in [0.25, 0.3) is 0 Å². The summed E-state index contributed by atoms with van der Waals surface area (Å²) in [7, 11) is 1.59. The van der Waals surface area contributed by atoms with Crippen molar-refractivity contribution in [1.82, 2.24) is 0 Å². The Bertz CT molecular complexity index is 1140. The predicted molar refractivity (Wildman–Crippen MR) is 232 cm³/mol. The highest BCUT2D eigenvalue weighted by Crippen LogP contribution is 2.43. The number of phosphoric ester groups is 1. The van der Waals surface area contributed by atoms with E-state index in [9.17, 15) is 14.3 Å². The second-order valence-electron chi connectivity index (χ2n) is 16.2. The SMILES string of the molecule is CCCCCCCCCCCCCCCC/C=C\OCC(COP(=O)(O)OCC[N+](C)(C)C)OC(=O)CCC/C=C\C/C=C\C/C=C\C/C=C\CC1OC1CC. The highest BCUT2D eigenvalue weighted by molar-refractivity contribution is 7.47. The lowest BCUT2D eigenvalue weighted by Crippen LogP contribution is -2.37. The smallest absolute Gasteiger partial charge is 0.472 e. The van der Waals surface area contributed by atoms with Gasteiger partial charge in [-0.15, -0.1) is 0 Å². The first-order valence-electron chi connectivity index (χ1n) is 22.2. The molecule has 0 radical (unpaired) electrons. The Kier molecular flexibility index (Phi) is 32.5. The molecule has 9 nitrogen and oxygen atoms in total. The number of epoxide rings is 1. The van der Waals surface area contributed by atoms with Crippen LogP contribution in [0, 0.1) is 0 Å². The van der Waals surface area contributed by atoms with Gasteiger partial charge in [0.15, 0.2) is 6.10 Å². The van der Waals surface area contributed by atoms with Crippen LogP contribution in [0.2, 0.25) is 0 Å². The summed E-state index contributed by atoms with van der Waals surface area (Å²) < 4.78 is 40.2. The van der Waals surface area contributed by atoms with E-state index in [1.165, 1.54) is 83.5 Å². The molecule has 0 saturated carbocycles. The lowest BCUT2D eigenvalue weighted by atomic mass is 10.0. The zero-order chi connectivity index (χ0) is 41.0. The minimum absolute atomic E-state index is 0.0211. The van der Waals surface area contributed by atoms with Gasteiger partial charge in [-0.25, -0.2) is 4.57 Å². The summed E-state index contributed by atoms with van der Waals surface area (Å²) in [6.07, 6.45) is 47.0. The summed E-state index contributed by atoms with van der Waals surface area (Å²) in [5.41, 5.74) is 0. The molecule has 1 aliphatic rings. The van der Waals surface area contributed by atoms with E-state index in [2.05, 4.69) is 62.5 Å². The molecule has 1 aliphatic heterocycles. The Labute approximate surface area is 343 Å². The Morgan fingerprint density at radius 2 is 1.21 bits per heavy atom. The summed E-state index contributed by atoms with van der Waals surface area (Å²) in [5, 5.41) is 0. The van der Waals surface area contributed by atoms with E-state index in [4.69, 9.17) is 23.3 Å². The quantitative estimate of drug-likeness (QED) is 0.0125. The minimum atomic E-state index is -4.31. The molecule has 4 atom stereocenters. The van der Waals surface area contributed by atoms with Gasteiger partial charge in [0.05, 0.1) is 46.2 Å². The predicted octanol–water partition coefficient (Wildman–Crippen LogP) is 12.3. The van der Waals surface area contributed by atoms with E-state index in [1.54, 1.807) is 6.26 Å². The Morgan fingerprint density at radius 3 is 1.77 bits per heavy atom. The van der Waals surface area contributed by atoms with E-state index >= 15 is 0 Å². The van der Waals surface area contributed by atoms with Crippen LogP contribution in [0.15, 0.2) is 60.9 Å². The van der Waals surface area contributed by atoms with Crippen LogP contribution < -0.4 is 0 Å². The molecular formula is C46H83NO8P+. The number of hydrogen-bond acceptors (Lipinski definition) is 7. The van der Waals surface area contributed by atoms with Crippen LogP contribution in [0.4, 0.5) is 0 Å². The van der Waals surface area contributed by atoms with Crippen LogP contribution in [-0.4, -0.2) is 81.2 Å². The van der Waals surface area contributed by atoms with Crippen molar-refractivity contribution < 1.29 is 42.0 Å². The molecule has 1 fully saturated rings. The highest BCUT2D eigenvalue weighted by Gasteiger charge is 2.35. The van der Waals surface area contributed by atoms with Crippen LogP contribution in [0.25, 0.3) is 0 Å².